The third kappa shape index (κ3) is 3.81. The molecule has 0 atom stereocenters. The molecular formula is C15H20N2O3. The van der Waals surface area contributed by atoms with Crippen LogP contribution in [0.3, 0.4) is 0 Å². The molecule has 1 heterocycles. The largest absolute Gasteiger partial charge is 0.469 e. The maximum Gasteiger partial charge on any atom is 0.305 e. The van der Waals surface area contributed by atoms with Gasteiger partial charge in [0, 0.05) is 25.1 Å². The van der Waals surface area contributed by atoms with Crippen molar-refractivity contribution in [3.05, 3.63) is 34.9 Å². The maximum absolute atomic E-state index is 12.0. The molecule has 0 spiro atoms. The van der Waals surface area contributed by atoms with Crippen molar-refractivity contribution in [1.82, 2.24) is 10.6 Å². The second-order valence-corrected chi connectivity index (χ2v) is 4.85. The van der Waals surface area contributed by atoms with E-state index in [-0.39, 0.29) is 11.9 Å². The van der Waals surface area contributed by atoms with Gasteiger partial charge >= 0.3 is 5.97 Å². The summed E-state index contributed by atoms with van der Waals surface area (Å²) in [7, 11) is 1.36. The van der Waals surface area contributed by atoms with Crippen molar-refractivity contribution in [1.29, 1.82) is 0 Å². The molecule has 1 amide bonds. The average molecular weight is 276 g/mol. The Labute approximate surface area is 118 Å². The molecule has 5 nitrogen and oxygen atoms in total. The van der Waals surface area contributed by atoms with Gasteiger partial charge in [-0.15, -0.1) is 0 Å². The van der Waals surface area contributed by atoms with Gasteiger partial charge in [0.25, 0.3) is 5.91 Å². The van der Waals surface area contributed by atoms with Crippen LogP contribution >= 0.6 is 0 Å². The molecule has 0 saturated heterocycles. The van der Waals surface area contributed by atoms with Crippen molar-refractivity contribution >= 4 is 11.9 Å². The molecule has 108 valence electrons. The average Bonchev–Trinajstić information content (AvgIpc) is 2.50. The van der Waals surface area contributed by atoms with Crippen molar-refractivity contribution in [3.63, 3.8) is 0 Å². The molecule has 0 radical (unpaired) electrons. The van der Waals surface area contributed by atoms with Crippen LogP contribution in [0.15, 0.2) is 18.2 Å². The Balaban J connectivity index is 1.85. The number of benzene rings is 1. The molecule has 2 N–H and O–H groups in total. The lowest BCUT2D eigenvalue weighted by Crippen LogP contribution is -2.27. The lowest BCUT2D eigenvalue weighted by molar-refractivity contribution is -0.140. The van der Waals surface area contributed by atoms with Gasteiger partial charge in [-0.25, -0.2) is 0 Å². The fourth-order valence-corrected chi connectivity index (χ4v) is 2.26. The molecule has 0 aromatic heterocycles. The van der Waals surface area contributed by atoms with E-state index >= 15 is 0 Å². The number of carbonyl (C=O) groups is 2. The highest BCUT2D eigenvalue weighted by atomic mass is 16.5. The molecule has 2 rings (SSSR count). The number of esters is 1. The van der Waals surface area contributed by atoms with Crippen molar-refractivity contribution in [2.75, 3.05) is 20.2 Å². The quantitative estimate of drug-likeness (QED) is 0.622. The lowest BCUT2D eigenvalue weighted by atomic mass is 9.98. The number of methoxy groups -OCH3 is 1. The third-order valence-corrected chi connectivity index (χ3v) is 3.43. The molecular weight excluding hydrogens is 256 g/mol. The topological polar surface area (TPSA) is 67.4 Å². The molecule has 0 unspecified atom stereocenters. The number of nitrogens with one attached hydrogen (secondary N) is 2. The lowest BCUT2D eigenvalue weighted by Gasteiger charge is -2.17. The van der Waals surface area contributed by atoms with E-state index in [4.69, 9.17) is 0 Å². The van der Waals surface area contributed by atoms with E-state index in [0.29, 0.717) is 24.9 Å². The van der Waals surface area contributed by atoms with Crippen LogP contribution in [-0.4, -0.2) is 32.1 Å². The van der Waals surface area contributed by atoms with Gasteiger partial charge in [-0.2, -0.15) is 0 Å². The highest BCUT2D eigenvalue weighted by molar-refractivity contribution is 5.94. The summed E-state index contributed by atoms with van der Waals surface area (Å²) in [6.07, 6.45) is 1.87. The van der Waals surface area contributed by atoms with E-state index in [2.05, 4.69) is 15.4 Å². The summed E-state index contributed by atoms with van der Waals surface area (Å²) in [6, 6.07) is 5.82. The number of amides is 1. The van der Waals surface area contributed by atoms with Crippen LogP contribution in [0.25, 0.3) is 0 Å². The Kier molecular flexibility index (Phi) is 5.12. The van der Waals surface area contributed by atoms with Crippen molar-refractivity contribution in [2.24, 2.45) is 0 Å². The highest BCUT2D eigenvalue weighted by Crippen LogP contribution is 2.15. The minimum Gasteiger partial charge on any atom is -0.469 e. The van der Waals surface area contributed by atoms with Crippen molar-refractivity contribution in [3.8, 4) is 0 Å². The SMILES string of the molecule is COC(=O)CCCNC(=O)c1ccc2c(c1)CCNC2. The fourth-order valence-electron chi connectivity index (χ4n) is 2.26. The zero-order valence-corrected chi connectivity index (χ0v) is 11.7. The van der Waals surface area contributed by atoms with Crippen LogP contribution in [0.1, 0.15) is 34.3 Å². The molecule has 1 aromatic carbocycles. The van der Waals surface area contributed by atoms with E-state index in [9.17, 15) is 9.59 Å². The number of fused-ring (bicyclic) bond motifs is 1. The normalized spacial score (nSPS) is 13.4. The first-order valence-electron chi connectivity index (χ1n) is 6.88. The van der Waals surface area contributed by atoms with Gasteiger partial charge in [0.15, 0.2) is 0 Å². The number of hydrogen-bond donors (Lipinski definition) is 2. The predicted octanol–water partition coefficient (Wildman–Crippen LogP) is 1.02. The highest BCUT2D eigenvalue weighted by Gasteiger charge is 2.12. The molecule has 0 bridgehead atoms. The summed E-state index contributed by atoms with van der Waals surface area (Å²) in [5.41, 5.74) is 3.19. The molecule has 20 heavy (non-hydrogen) atoms. The molecule has 0 aliphatic carbocycles. The van der Waals surface area contributed by atoms with Crippen molar-refractivity contribution < 1.29 is 14.3 Å². The Hall–Kier alpha value is -1.88. The Morgan fingerprint density at radius 2 is 2.20 bits per heavy atom. The summed E-state index contributed by atoms with van der Waals surface area (Å²) in [6.45, 7) is 2.31. The summed E-state index contributed by atoms with van der Waals surface area (Å²) >= 11 is 0. The van der Waals surface area contributed by atoms with E-state index < -0.39 is 0 Å². The van der Waals surface area contributed by atoms with Gasteiger partial charge < -0.3 is 15.4 Å². The number of carbonyl (C=O) groups excluding carboxylic acids is 2. The molecule has 1 aliphatic heterocycles. The minimum atomic E-state index is -0.250. The van der Waals surface area contributed by atoms with Crippen LogP contribution in [-0.2, 0) is 22.5 Å². The van der Waals surface area contributed by atoms with Gasteiger partial charge in [-0.1, -0.05) is 6.07 Å². The number of rotatable bonds is 5. The zero-order valence-electron chi connectivity index (χ0n) is 11.7. The Morgan fingerprint density at radius 3 is 3.00 bits per heavy atom. The first-order valence-corrected chi connectivity index (χ1v) is 6.88. The summed E-state index contributed by atoms with van der Waals surface area (Å²) < 4.78 is 4.55. The summed E-state index contributed by atoms with van der Waals surface area (Å²) in [4.78, 5) is 22.9. The van der Waals surface area contributed by atoms with Gasteiger partial charge in [-0.05, 0) is 42.6 Å². The summed E-state index contributed by atoms with van der Waals surface area (Å²) in [5.74, 6) is -0.336. The predicted molar refractivity (Wildman–Crippen MR) is 75.4 cm³/mol. The molecule has 1 aliphatic rings. The Bertz CT molecular complexity index is 500. The number of ether oxygens (including phenoxy) is 1. The molecule has 0 fully saturated rings. The molecule has 5 heteroatoms. The molecule has 0 saturated carbocycles. The van der Waals surface area contributed by atoms with E-state index in [1.54, 1.807) is 0 Å². The van der Waals surface area contributed by atoms with Crippen LogP contribution in [0.2, 0.25) is 0 Å². The van der Waals surface area contributed by atoms with Crippen molar-refractivity contribution in [2.45, 2.75) is 25.8 Å². The minimum absolute atomic E-state index is 0.0869. The second-order valence-electron chi connectivity index (χ2n) is 4.85. The Morgan fingerprint density at radius 1 is 1.35 bits per heavy atom. The van der Waals surface area contributed by atoms with Gasteiger partial charge in [0.1, 0.15) is 0 Å². The summed E-state index contributed by atoms with van der Waals surface area (Å²) in [5, 5.41) is 6.13. The zero-order chi connectivity index (χ0) is 14.4. The van der Waals surface area contributed by atoms with E-state index in [1.165, 1.54) is 18.2 Å². The van der Waals surface area contributed by atoms with Gasteiger partial charge in [0.05, 0.1) is 7.11 Å². The fraction of sp³-hybridized carbons (Fsp3) is 0.467. The van der Waals surface area contributed by atoms with Gasteiger partial charge in [0.2, 0.25) is 0 Å². The maximum atomic E-state index is 12.0. The van der Waals surface area contributed by atoms with Gasteiger partial charge in [-0.3, -0.25) is 9.59 Å². The first-order chi connectivity index (χ1) is 9.70. The van der Waals surface area contributed by atoms with Crippen LogP contribution in [0.4, 0.5) is 0 Å². The van der Waals surface area contributed by atoms with Crippen LogP contribution in [0.5, 0.6) is 0 Å². The standard InChI is InChI=1S/C15H20N2O3/c1-20-14(18)3-2-7-17-15(19)12-4-5-13-10-16-8-6-11(13)9-12/h4-5,9,16H,2-3,6-8,10H2,1H3,(H,17,19). The monoisotopic (exact) mass is 276 g/mol. The van der Waals surface area contributed by atoms with Crippen LogP contribution < -0.4 is 10.6 Å². The van der Waals surface area contributed by atoms with E-state index in [1.807, 2.05) is 18.2 Å². The second kappa shape index (κ2) is 7.05. The van der Waals surface area contributed by atoms with E-state index in [0.717, 1.165) is 19.5 Å². The first kappa shape index (κ1) is 14.5. The van der Waals surface area contributed by atoms with Crippen LogP contribution in [0, 0.1) is 0 Å². The third-order valence-electron chi connectivity index (χ3n) is 3.43. The molecule has 1 aromatic rings. The smallest absolute Gasteiger partial charge is 0.305 e. The number of hydrogen-bond acceptors (Lipinski definition) is 4.